The van der Waals surface area contributed by atoms with Gasteiger partial charge in [0.25, 0.3) is 11.8 Å². The van der Waals surface area contributed by atoms with Crippen LogP contribution in [0, 0.1) is 0 Å². The van der Waals surface area contributed by atoms with Crippen LogP contribution in [0.4, 0.5) is 10.5 Å². The van der Waals surface area contributed by atoms with Crippen LogP contribution in [0.1, 0.15) is 17.9 Å². The van der Waals surface area contributed by atoms with Gasteiger partial charge in [0.2, 0.25) is 0 Å². The second kappa shape index (κ2) is 6.88. The lowest BCUT2D eigenvalue weighted by Crippen LogP contribution is -2.47. The van der Waals surface area contributed by atoms with E-state index in [1.807, 2.05) is 30.3 Å². The SMILES string of the molecule is Nc1ccc2nc(-c3ccccc3)c(C3CC(=O)N(N(O)C(=O)O)C3=O)cc2c1. The fourth-order valence-electron chi connectivity index (χ4n) is 3.45. The number of imide groups is 1. The Labute approximate surface area is 164 Å². The monoisotopic (exact) mass is 392 g/mol. The van der Waals surface area contributed by atoms with Gasteiger partial charge in [-0.3, -0.25) is 14.8 Å². The van der Waals surface area contributed by atoms with E-state index >= 15 is 0 Å². The number of nitrogen functional groups attached to an aromatic ring is 1. The minimum atomic E-state index is -1.83. The van der Waals surface area contributed by atoms with E-state index in [0.717, 1.165) is 5.56 Å². The summed E-state index contributed by atoms with van der Waals surface area (Å²) in [5.41, 5.74) is 8.71. The minimum absolute atomic E-state index is 0.228. The van der Waals surface area contributed by atoms with E-state index in [0.29, 0.717) is 27.8 Å². The van der Waals surface area contributed by atoms with Crippen LogP contribution >= 0.6 is 0 Å². The van der Waals surface area contributed by atoms with Crippen LogP contribution < -0.4 is 5.73 Å². The maximum atomic E-state index is 12.8. The van der Waals surface area contributed by atoms with Crippen molar-refractivity contribution in [3.8, 4) is 11.3 Å². The molecule has 3 aromatic rings. The molecule has 1 aliphatic heterocycles. The Morgan fingerprint density at radius 3 is 2.55 bits per heavy atom. The average Bonchev–Trinajstić information content (AvgIpc) is 3.00. The van der Waals surface area contributed by atoms with Crippen molar-refractivity contribution >= 4 is 34.5 Å². The number of amides is 3. The molecule has 0 bridgehead atoms. The largest absolute Gasteiger partial charge is 0.462 e. The van der Waals surface area contributed by atoms with Gasteiger partial charge >= 0.3 is 6.09 Å². The summed E-state index contributed by atoms with van der Waals surface area (Å²) in [5, 5.41) is 19.1. The summed E-state index contributed by atoms with van der Waals surface area (Å²) < 4.78 is 0. The lowest BCUT2D eigenvalue weighted by molar-refractivity contribution is -0.209. The number of fused-ring (bicyclic) bond motifs is 1. The Morgan fingerprint density at radius 1 is 1.14 bits per heavy atom. The van der Waals surface area contributed by atoms with E-state index in [1.54, 1.807) is 24.3 Å². The van der Waals surface area contributed by atoms with E-state index in [1.165, 1.54) is 0 Å². The summed E-state index contributed by atoms with van der Waals surface area (Å²) in [5.74, 6) is -2.66. The second-order valence-electron chi connectivity index (χ2n) is 6.62. The summed E-state index contributed by atoms with van der Waals surface area (Å²) in [6, 6.07) is 16.0. The number of hydroxylamine groups is 1. The van der Waals surface area contributed by atoms with Gasteiger partial charge in [-0.25, -0.2) is 9.78 Å². The normalized spacial score (nSPS) is 16.4. The summed E-state index contributed by atoms with van der Waals surface area (Å²) in [6.45, 7) is 0. The number of pyridine rings is 1. The van der Waals surface area contributed by atoms with Crippen molar-refractivity contribution in [3.05, 3.63) is 60.2 Å². The third-order valence-corrected chi connectivity index (χ3v) is 4.77. The summed E-state index contributed by atoms with van der Waals surface area (Å²) in [4.78, 5) is 40.8. The Hall–Kier alpha value is -3.98. The summed E-state index contributed by atoms with van der Waals surface area (Å²) >= 11 is 0. The van der Waals surface area contributed by atoms with Crippen LogP contribution in [0.2, 0.25) is 0 Å². The molecule has 1 aromatic heterocycles. The van der Waals surface area contributed by atoms with Crippen LogP contribution in [0.15, 0.2) is 54.6 Å². The molecule has 0 aliphatic carbocycles. The number of benzene rings is 2. The topological polar surface area (TPSA) is 137 Å². The van der Waals surface area contributed by atoms with Crippen molar-refractivity contribution in [1.82, 2.24) is 15.2 Å². The smallest absolute Gasteiger partial charge is 0.452 e. The highest BCUT2D eigenvalue weighted by molar-refractivity contribution is 6.07. The molecular formula is C20H16N4O5. The predicted octanol–water partition coefficient (Wildman–Crippen LogP) is 2.61. The molecule has 9 nitrogen and oxygen atoms in total. The zero-order chi connectivity index (χ0) is 20.7. The molecule has 1 aliphatic rings. The number of rotatable bonds is 3. The van der Waals surface area contributed by atoms with Crippen molar-refractivity contribution in [3.63, 3.8) is 0 Å². The van der Waals surface area contributed by atoms with Crippen molar-refractivity contribution < 1.29 is 24.7 Å². The summed E-state index contributed by atoms with van der Waals surface area (Å²) in [6.07, 6.45) is -2.13. The van der Waals surface area contributed by atoms with E-state index < -0.39 is 23.8 Å². The van der Waals surface area contributed by atoms with E-state index in [2.05, 4.69) is 4.98 Å². The third-order valence-electron chi connectivity index (χ3n) is 4.77. The lowest BCUT2D eigenvalue weighted by atomic mass is 9.91. The minimum Gasteiger partial charge on any atom is -0.462 e. The highest BCUT2D eigenvalue weighted by Gasteiger charge is 2.45. The lowest BCUT2D eigenvalue weighted by Gasteiger charge is -2.21. The van der Waals surface area contributed by atoms with Crippen LogP contribution in [0.5, 0.6) is 0 Å². The molecule has 4 rings (SSSR count). The first kappa shape index (κ1) is 18.4. The Balaban J connectivity index is 1.89. The fourth-order valence-corrected chi connectivity index (χ4v) is 3.45. The number of carboxylic acid groups (broad SMARTS) is 1. The van der Waals surface area contributed by atoms with Gasteiger partial charge in [0.15, 0.2) is 0 Å². The zero-order valence-corrected chi connectivity index (χ0v) is 15.0. The molecule has 2 heterocycles. The highest BCUT2D eigenvalue weighted by Crippen LogP contribution is 2.37. The van der Waals surface area contributed by atoms with Crippen LogP contribution in [0.25, 0.3) is 22.2 Å². The van der Waals surface area contributed by atoms with E-state index in [9.17, 15) is 19.6 Å². The van der Waals surface area contributed by atoms with Gasteiger partial charge in [0, 0.05) is 23.1 Å². The van der Waals surface area contributed by atoms with Crippen LogP contribution in [-0.4, -0.2) is 43.4 Å². The maximum Gasteiger partial charge on any atom is 0.452 e. The quantitative estimate of drug-likeness (QED) is 0.270. The molecule has 0 radical (unpaired) electrons. The maximum absolute atomic E-state index is 12.8. The molecule has 29 heavy (non-hydrogen) atoms. The van der Waals surface area contributed by atoms with Gasteiger partial charge in [-0.1, -0.05) is 35.5 Å². The molecule has 1 saturated heterocycles. The molecule has 0 saturated carbocycles. The van der Waals surface area contributed by atoms with Crippen molar-refractivity contribution in [2.75, 3.05) is 5.73 Å². The first-order valence-corrected chi connectivity index (χ1v) is 8.71. The number of hydrogen-bond donors (Lipinski definition) is 3. The molecule has 4 N–H and O–H groups in total. The van der Waals surface area contributed by atoms with Gasteiger partial charge in [-0.2, -0.15) is 5.01 Å². The molecule has 1 atom stereocenters. The third kappa shape index (κ3) is 3.13. The first-order valence-electron chi connectivity index (χ1n) is 8.71. The molecule has 146 valence electrons. The number of nitrogens with two attached hydrogens (primary N) is 1. The van der Waals surface area contributed by atoms with Crippen LogP contribution in [-0.2, 0) is 9.59 Å². The molecule has 0 spiro atoms. The van der Waals surface area contributed by atoms with Gasteiger partial charge in [-0.15, -0.1) is 0 Å². The van der Waals surface area contributed by atoms with Gasteiger partial charge in [0.1, 0.15) is 0 Å². The van der Waals surface area contributed by atoms with Crippen molar-refractivity contribution in [2.45, 2.75) is 12.3 Å². The number of carbonyl (C=O) groups is 3. The number of hydrazine groups is 1. The van der Waals surface area contributed by atoms with E-state index in [-0.39, 0.29) is 16.6 Å². The molecule has 1 fully saturated rings. The number of hydrogen-bond acceptors (Lipinski definition) is 6. The first-order chi connectivity index (χ1) is 13.9. The molecule has 1 unspecified atom stereocenters. The average molecular weight is 392 g/mol. The van der Waals surface area contributed by atoms with E-state index in [4.69, 9.17) is 10.8 Å². The van der Waals surface area contributed by atoms with Crippen LogP contribution in [0.3, 0.4) is 0 Å². The standard InChI is InChI=1S/C20H16N4O5/c21-13-6-7-16-12(8-13)9-14(18(22-16)11-4-2-1-3-5-11)15-10-17(25)23(19(15)26)24(29)20(27)28/h1-9,15,29H,10,21H2,(H,27,28). The highest BCUT2D eigenvalue weighted by atomic mass is 16.6. The molecule has 9 heteroatoms. The Kier molecular flexibility index (Phi) is 4.36. The second-order valence-corrected chi connectivity index (χ2v) is 6.62. The molecular weight excluding hydrogens is 376 g/mol. The Morgan fingerprint density at radius 2 is 1.86 bits per heavy atom. The molecule has 2 aromatic carbocycles. The number of nitrogens with zero attached hydrogens (tertiary/aromatic N) is 3. The number of anilines is 1. The molecule has 3 amide bonds. The predicted molar refractivity (Wildman–Crippen MR) is 102 cm³/mol. The van der Waals surface area contributed by atoms with Crippen molar-refractivity contribution in [1.29, 1.82) is 0 Å². The van der Waals surface area contributed by atoms with Gasteiger partial charge in [0.05, 0.1) is 17.1 Å². The van der Waals surface area contributed by atoms with Gasteiger partial charge < -0.3 is 10.8 Å². The number of aromatic nitrogens is 1. The summed E-state index contributed by atoms with van der Waals surface area (Å²) in [7, 11) is 0. The Bertz CT molecular complexity index is 1150. The van der Waals surface area contributed by atoms with Crippen molar-refractivity contribution in [2.24, 2.45) is 0 Å². The zero-order valence-electron chi connectivity index (χ0n) is 15.0. The number of carbonyl (C=O) groups excluding carboxylic acids is 2. The fraction of sp³-hybridized carbons (Fsp3) is 0.100. The van der Waals surface area contributed by atoms with Gasteiger partial charge in [-0.05, 0) is 29.8 Å².